The minimum Gasteiger partial charge on any atom is -0.477 e. The maximum absolute atomic E-state index is 12.8. The summed E-state index contributed by atoms with van der Waals surface area (Å²) in [6.07, 6.45) is 1.44. The standard InChI is InChI=1S/C17H18ClN7O5S3/c1-6(19)21-3-4-31-7-5-32-15-10(14(27)25(15)11(7)16(28)29)22-13(26)9(24-30-2)8-12(18)33-17(20)23-8/h3-4,10,15H,5H2,1-2H3,(H2,19,21)(H2,20,23)(H,22,26)(H,28,29)/b4-3-,24-9-/t10?,15-/m1/s1. The van der Waals surface area contributed by atoms with E-state index >= 15 is 0 Å². The largest absolute Gasteiger partial charge is 0.477 e. The van der Waals surface area contributed by atoms with E-state index in [1.54, 1.807) is 12.3 Å². The molecular weight excluding hydrogens is 514 g/mol. The number of oxime groups is 1. The van der Waals surface area contributed by atoms with Crippen LogP contribution in [0.5, 0.6) is 0 Å². The fourth-order valence-corrected chi connectivity index (χ4v) is 6.08. The average molecular weight is 532 g/mol. The molecule has 3 rings (SSSR count). The third kappa shape index (κ3) is 5.26. The van der Waals surface area contributed by atoms with Crippen molar-refractivity contribution < 1.29 is 24.3 Å². The first kappa shape index (κ1) is 24.9. The third-order valence-electron chi connectivity index (χ3n) is 4.20. The zero-order valence-corrected chi connectivity index (χ0v) is 20.3. The van der Waals surface area contributed by atoms with Gasteiger partial charge in [0.25, 0.3) is 11.8 Å². The van der Waals surface area contributed by atoms with Crippen LogP contribution in [0, 0.1) is 0 Å². The van der Waals surface area contributed by atoms with Gasteiger partial charge in [0.2, 0.25) is 0 Å². The summed E-state index contributed by atoms with van der Waals surface area (Å²) in [4.78, 5) is 51.7. The van der Waals surface area contributed by atoms with E-state index in [0.29, 0.717) is 16.5 Å². The highest BCUT2D eigenvalue weighted by Gasteiger charge is 2.54. The number of thiazole rings is 1. The van der Waals surface area contributed by atoms with E-state index in [4.69, 9.17) is 27.9 Å². The smallest absolute Gasteiger partial charge is 0.353 e. The number of amides is 2. The first-order valence-electron chi connectivity index (χ1n) is 9.02. The second-order valence-corrected chi connectivity index (χ2v) is 10.1. The highest BCUT2D eigenvalue weighted by atomic mass is 35.5. The molecule has 33 heavy (non-hydrogen) atoms. The van der Waals surface area contributed by atoms with Crippen molar-refractivity contribution in [2.75, 3.05) is 18.6 Å². The van der Waals surface area contributed by atoms with Crippen LogP contribution in [-0.2, 0) is 19.2 Å². The highest BCUT2D eigenvalue weighted by Crippen LogP contribution is 2.43. The number of rotatable bonds is 8. The Hall–Kier alpha value is -2.75. The van der Waals surface area contributed by atoms with Crippen molar-refractivity contribution in [1.29, 1.82) is 0 Å². The zero-order valence-electron chi connectivity index (χ0n) is 17.1. The first-order chi connectivity index (χ1) is 15.6. The molecule has 3 heterocycles. The van der Waals surface area contributed by atoms with Crippen LogP contribution >= 0.6 is 46.5 Å². The normalized spacial score (nSPS) is 21.2. The van der Waals surface area contributed by atoms with Gasteiger partial charge in [0.05, 0.1) is 5.84 Å². The number of aromatic nitrogens is 1. The minimum absolute atomic E-state index is 0.0189. The Balaban J connectivity index is 1.78. The molecule has 0 radical (unpaired) electrons. The van der Waals surface area contributed by atoms with E-state index in [1.165, 1.54) is 25.1 Å². The number of carboxylic acids is 1. The van der Waals surface area contributed by atoms with Gasteiger partial charge >= 0.3 is 5.97 Å². The molecule has 0 saturated carbocycles. The summed E-state index contributed by atoms with van der Waals surface area (Å²) in [5.41, 5.74) is 10.7. The summed E-state index contributed by atoms with van der Waals surface area (Å²) in [7, 11) is 1.24. The molecule has 1 saturated heterocycles. The molecule has 12 nitrogen and oxygen atoms in total. The number of nitrogens with one attached hydrogen (secondary N) is 1. The number of nitrogens with zero attached hydrogens (tertiary/aromatic N) is 4. The lowest BCUT2D eigenvalue weighted by molar-refractivity contribution is -0.150. The van der Waals surface area contributed by atoms with Gasteiger partial charge < -0.3 is 26.7 Å². The Labute approximate surface area is 205 Å². The van der Waals surface area contributed by atoms with Gasteiger partial charge in [0.1, 0.15) is 34.3 Å². The number of hydrogen-bond acceptors (Lipinski definition) is 11. The van der Waals surface area contributed by atoms with E-state index in [9.17, 15) is 19.5 Å². The molecule has 0 spiro atoms. The zero-order chi connectivity index (χ0) is 24.3. The van der Waals surface area contributed by atoms with Crippen LogP contribution in [0.1, 0.15) is 12.6 Å². The van der Waals surface area contributed by atoms with E-state index in [1.807, 2.05) is 0 Å². The molecule has 2 aliphatic rings. The monoisotopic (exact) mass is 531 g/mol. The SMILES string of the molecule is CO/N=C(\C(=O)NC1C(=O)N2C(C(=O)O)=C(S/C=C\N=C(C)N)CS[C@H]12)c1nc(N)sc1Cl. The number of thioether (sulfide) groups is 2. The quantitative estimate of drug-likeness (QED) is 0.163. The van der Waals surface area contributed by atoms with Crippen LogP contribution in [0.25, 0.3) is 0 Å². The molecule has 1 unspecified atom stereocenters. The Kier molecular flexibility index (Phi) is 7.88. The molecule has 1 aromatic heterocycles. The summed E-state index contributed by atoms with van der Waals surface area (Å²) in [5.74, 6) is -1.92. The van der Waals surface area contributed by atoms with Crippen molar-refractivity contribution in [2.45, 2.75) is 18.3 Å². The molecule has 6 N–H and O–H groups in total. The van der Waals surface area contributed by atoms with E-state index in [-0.39, 0.29) is 26.6 Å². The fourth-order valence-electron chi connectivity index (χ4n) is 2.90. The topological polar surface area (TPSA) is 186 Å². The van der Waals surface area contributed by atoms with Gasteiger partial charge in [-0.05, 0) is 12.3 Å². The number of aliphatic carboxylic acids is 1. The number of nitrogens with two attached hydrogens (primary N) is 2. The number of anilines is 1. The van der Waals surface area contributed by atoms with Gasteiger partial charge in [-0.3, -0.25) is 14.5 Å². The predicted molar refractivity (Wildman–Crippen MR) is 129 cm³/mol. The van der Waals surface area contributed by atoms with Crippen molar-refractivity contribution in [3.8, 4) is 0 Å². The average Bonchev–Trinajstić information content (AvgIpc) is 3.09. The van der Waals surface area contributed by atoms with Gasteiger partial charge in [-0.25, -0.2) is 14.8 Å². The van der Waals surface area contributed by atoms with E-state index in [0.717, 1.165) is 28.0 Å². The minimum atomic E-state index is -1.25. The number of hydrogen-bond donors (Lipinski definition) is 4. The second kappa shape index (κ2) is 10.5. The molecule has 2 amide bonds. The van der Waals surface area contributed by atoms with E-state index in [2.05, 4.69) is 20.4 Å². The molecule has 1 fully saturated rings. The van der Waals surface area contributed by atoms with Crippen molar-refractivity contribution in [2.24, 2.45) is 15.9 Å². The molecule has 1 aromatic rings. The Bertz CT molecular complexity index is 1110. The summed E-state index contributed by atoms with van der Waals surface area (Å²) in [5, 5.41) is 17.0. The number of β-lactam (4-membered cyclic amide) rings is 1. The molecule has 2 aliphatic heterocycles. The molecule has 0 bridgehead atoms. The third-order valence-corrected chi connectivity index (χ3v) is 7.62. The van der Waals surface area contributed by atoms with Gasteiger partial charge in [0.15, 0.2) is 10.8 Å². The van der Waals surface area contributed by atoms with Crippen LogP contribution in [0.3, 0.4) is 0 Å². The van der Waals surface area contributed by atoms with Crippen LogP contribution in [0.15, 0.2) is 32.4 Å². The number of nitrogen functional groups attached to an aromatic ring is 1. The summed E-state index contributed by atoms with van der Waals surface area (Å²) in [6, 6.07) is -0.972. The van der Waals surface area contributed by atoms with Gasteiger partial charge in [0, 0.05) is 16.9 Å². The number of carbonyl (C=O) groups excluding carboxylic acids is 2. The molecule has 16 heteroatoms. The molecule has 176 valence electrons. The summed E-state index contributed by atoms with van der Waals surface area (Å²) >= 11 is 9.46. The van der Waals surface area contributed by atoms with Crippen molar-refractivity contribution in [3.63, 3.8) is 0 Å². The summed E-state index contributed by atoms with van der Waals surface area (Å²) in [6.45, 7) is 1.62. The van der Waals surface area contributed by atoms with E-state index < -0.39 is 29.2 Å². The lowest BCUT2D eigenvalue weighted by Gasteiger charge is -2.49. The number of fused-ring (bicyclic) bond motifs is 1. The van der Waals surface area contributed by atoms with Crippen LogP contribution in [-0.4, -0.2) is 68.6 Å². The lowest BCUT2D eigenvalue weighted by Crippen LogP contribution is -2.71. The number of halogens is 1. The molecule has 2 atom stereocenters. The van der Waals surface area contributed by atoms with Gasteiger partial charge in [-0.1, -0.05) is 39.9 Å². The first-order valence-corrected chi connectivity index (χ1v) is 12.1. The molecular formula is C17H18ClN7O5S3. The lowest BCUT2D eigenvalue weighted by atomic mass is 10.0. The second-order valence-electron chi connectivity index (χ2n) is 6.41. The molecule has 0 aliphatic carbocycles. The Morgan fingerprint density at radius 2 is 2.21 bits per heavy atom. The van der Waals surface area contributed by atoms with Crippen molar-refractivity contribution in [1.82, 2.24) is 15.2 Å². The number of carbonyl (C=O) groups is 3. The summed E-state index contributed by atoms with van der Waals surface area (Å²) < 4.78 is 0.132. The number of aliphatic imine (C=N–C) groups is 1. The maximum atomic E-state index is 12.8. The molecule has 0 aromatic carbocycles. The van der Waals surface area contributed by atoms with Gasteiger partial charge in [-0.2, -0.15) is 0 Å². The fraction of sp³-hybridized carbons (Fsp3) is 0.294. The predicted octanol–water partition coefficient (Wildman–Crippen LogP) is 1.01. The van der Waals surface area contributed by atoms with Crippen LogP contribution < -0.4 is 16.8 Å². The Morgan fingerprint density at radius 1 is 1.48 bits per heavy atom. The van der Waals surface area contributed by atoms with Crippen molar-refractivity contribution >= 4 is 80.9 Å². The number of amidine groups is 1. The van der Waals surface area contributed by atoms with Gasteiger partial charge in [-0.15, -0.1) is 11.8 Å². The maximum Gasteiger partial charge on any atom is 0.353 e. The van der Waals surface area contributed by atoms with Crippen molar-refractivity contribution in [3.05, 3.63) is 32.2 Å². The van der Waals surface area contributed by atoms with Crippen LogP contribution in [0.4, 0.5) is 5.13 Å². The Morgan fingerprint density at radius 3 is 2.79 bits per heavy atom. The number of carboxylic acid groups (broad SMARTS) is 1. The van der Waals surface area contributed by atoms with Crippen LogP contribution in [0.2, 0.25) is 4.34 Å². The highest BCUT2D eigenvalue weighted by molar-refractivity contribution is 8.08.